The molecule has 2 amide bonds. The van der Waals surface area contributed by atoms with E-state index in [4.69, 9.17) is 19.9 Å². The van der Waals surface area contributed by atoms with Gasteiger partial charge >= 0.3 is 0 Å². The van der Waals surface area contributed by atoms with Gasteiger partial charge in [-0.2, -0.15) is 5.10 Å². The fourth-order valence-electron chi connectivity index (χ4n) is 3.54. The third-order valence-corrected chi connectivity index (χ3v) is 5.33. The average molecular weight is 484 g/mol. The van der Waals surface area contributed by atoms with Crippen LogP contribution in [0.5, 0.6) is 17.2 Å². The number of hydrogen-bond donors (Lipinski definition) is 2. The number of nitrogens with one attached hydrogen (secondary N) is 1. The summed E-state index contributed by atoms with van der Waals surface area (Å²) in [6.45, 7) is 0.167. The average Bonchev–Trinajstić information content (AvgIpc) is 2.91. The monoisotopic (exact) mass is 483 g/mol. The van der Waals surface area contributed by atoms with Crippen LogP contribution in [-0.4, -0.2) is 31.7 Å². The maximum absolute atomic E-state index is 12.4. The maximum atomic E-state index is 12.4. The zero-order valence-corrected chi connectivity index (χ0v) is 19.6. The Kier molecular flexibility index (Phi) is 7.77. The molecule has 8 nitrogen and oxygen atoms in total. The molecule has 8 heteroatoms. The fourth-order valence-corrected chi connectivity index (χ4v) is 3.54. The van der Waals surface area contributed by atoms with Gasteiger partial charge in [0.05, 0.1) is 13.3 Å². The van der Waals surface area contributed by atoms with Crippen LogP contribution in [0.25, 0.3) is 10.8 Å². The first-order valence-electron chi connectivity index (χ1n) is 11.2. The van der Waals surface area contributed by atoms with Crippen LogP contribution >= 0.6 is 0 Å². The Hall–Kier alpha value is -4.85. The molecule has 0 aromatic heterocycles. The van der Waals surface area contributed by atoms with Crippen LogP contribution < -0.4 is 25.4 Å². The second-order valence-electron chi connectivity index (χ2n) is 7.82. The highest BCUT2D eigenvalue weighted by molar-refractivity contribution is 5.95. The van der Waals surface area contributed by atoms with E-state index in [9.17, 15) is 9.59 Å². The van der Waals surface area contributed by atoms with E-state index in [0.717, 1.165) is 16.3 Å². The number of carbonyl (C=O) groups is 2. The number of nitrogens with two attached hydrogens (primary N) is 1. The van der Waals surface area contributed by atoms with Crippen molar-refractivity contribution in [1.29, 1.82) is 0 Å². The second-order valence-corrected chi connectivity index (χ2v) is 7.82. The Bertz CT molecular complexity index is 1390. The van der Waals surface area contributed by atoms with Gasteiger partial charge in [-0.25, -0.2) is 5.43 Å². The minimum absolute atomic E-state index is 0.257. The normalized spacial score (nSPS) is 10.8. The van der Waals surface area contributed by atoms with Crippen molar-refractivity contribution in [3.05, 3.63) is 102 Å². The summed E-state index contributed by atoms with van der Waals surface area (Å²) in [6, 6.07) is 26.1. The highest BCUT2D eigenvalue weighted by atomic mass is 16.5. The van der Waals surface area contributed by atoms with Gasteiger partial charge in [-0.3, -0.25) is 9.59 Å². The summed E-state index contributed by atoms with van der Waals surface area (Å²) in [5, 5.41) is 6.31. The number of amides is 2. The molecule has 0 radical (unpaired) electrons. The van der Waals surface area contributed by atoms with Crippen LogP contribution in [0, 0.1) is 0 Å². The third kappa shape index (κ3) is 6.18. The number of primary amides is 1. The molecule has 0 saturated heterocycles. The Morgan fingerprint density at radius 3 is 2.47 bits per heavy atom. The first kappa shape index (κ1) is 24.3. The molecule has 0 unspecified atom stereocenters. The van der Waals surface area contributed by atoms with Gasteiger partial charge in [0.2, 0.25) is 0 Å². The molecule has 0 bridgehead atoms. The molecule has 0 fully saturated rings. The van der Waals surface area contributed by atoms with E-state index in [1.165, 1.54) is 13.3 Å². The Balaban J connectivity index is 1.33. The summed E-state index contributed by atoms with van der Waals surface area (Å²) >= 11 is 0. The number of methoxy groups -OCH3 is 1. The van der Waals surface area contributed by atoms with Crippen LogP contribution in [0.3, 0.4) is 0 Å². The molecule has 36 heavy (non-hydrogen) atoms. The largest absolute Gasteiger partial charge is 0.493 e. The van der Waals surface area contributed by atoms with Crippen molar-refractivity contribution < 1.29 is 23.8 Å². The number of rotatable bonds is 10. The molecule has 0 spiro atoms. The zero-order valence-electron chi connectivity index (χ0n) is 19.6. The molecule has 0 aliphatic carbocycles. The number of fused-ring (bicyclic) bond motifs is 1. The molecule has 182 valence electrons. The van der Waals surface area contributed by atoms with Crippen LogP contribution in [0.2, 0.25) is 0 Å². The Morgan fingerprint density at radius 1 is 0.917 bits per heavy atom. The van der Waals surface area contributed by atoms with E-state index in [-0.39, 0.29) is 12.5 Å². The van der Waals surface area contributed by atoms with Crippen LogP contribution in [0.15, 0.2) is 90.0 Å². The zero-order chi connectivity index (χ0) is 25.3. The highest BCUT2D eigenvalue weighted by Crippen LogP contribution is 2.27. The molecule has 0 atom stereocenters. The van der Waals surface area contributed by atoms with Gasteiger partial charge in [0.1, 0.15) is 12.4 Å². The van der Waals surface area contributed by atoms with Gasteiger partial charge in [0, 0.05) is 5.56 Å². The van der Waals surface area contributed by atoms with E-state index in [0.29, 0.717) is 35.0 Å². The summed E-state index contributed by atoms with van der Waals surface area (Å²) in [5.74, 6) is 0.495. The summed E-state index contributed by atoms with van der Waals surface area (Å²) in [7, 11) is 1.48. The molecule has 4 rings (SSSR count). The van der Waals surface area contributed by atoms with Crippen LogP contribution in [0.4, 0.5) is 0 Å². The molecule has 4 aromatic rings. The lowest BCUT2D eigenvalue weighted by Gasteiger charge is -2.10. The maximum Gasteiger partial charge on any atom is 0.271 e. The number of ether oxygens (including phenoxy) is 3. The van der Waals surface area contributed by atoms with Crippen LogP contribution in [-0.2, 0) is 11.4 Å². The number of benzene rings is 4. The second kappa shape index (κ2) is 11.5. The van der Waals surface area contributed by atoms with Crippen molar-refractivity contribution in [2.75, 3.05) is 13.7 Å². The summed E-state index contributed by atoms with van der Waals surface area (Å²) in [5.41, 5.74) is 9.79. The minimum atomic E-state index is -0.588. The third-order valence-electron chi connectivity index (χ3n) is 5.33. The molecule has 0 heterocycles. The number of hydrazone groups is 1. The predicted octanol–water partition coefficient (Wildman–Crippen LogP) is 4.06. The molecule has 3 N–H and O–H groups in total. The van der Waals surface area contributed by atoms with Gasteiger partial charge in [-0.05, 0) is 64.4 Å². The van der Waals surface area contributed by atoms with E-state index in [2.05, 4.69) is 28.7 Å². The van der Waals surface area contributed by atoms with E-state index >= 15 is 0 Å². The van der Waals surface area contributed by atoms with E-state index < -0.39 is 5.91 Å². The topological polar surface area (TPSA) is 112 Å². The molecule has 0 aliphatic rings. The van der Waals surface area contributed by atoms with Gasteiger partial charge in [-0.1, -0.05) is 42.5 Å². The summed E-state index contributed by atoms with van der Waals surface area (Å²) in [6.07, 6.45) is 1.47. The van der Waals surface area contributed by atoms with Crippen LogP contribution in [0.1, 0.15) is 21.5 Å². The van der Waals surface area contributed by atoms with Crippen molar-refractivity contribution in [3.63, 3.8) is 0 Å². The molecular weight excluding hydrogens is 458 g/mol. The lowest BCUT2D eigenvalue weighted by Crippen LogP contribution is -2.20. The SMILES string of the molecule is COc1cc(/C=N\NC(=O)c2ccc(OCc3cccc4ccccc34)cc2)ccc1OCC(N)=O. The summed E-state index contributed by atoms with van der Waals surface area (Å²) in [4.78, 5) is 23.3. The lowest BCUT2D eigenvalue weighted by atomic mass is 10.1. The molecular formula is C28H25N3O5. The number of nitrogens with zero attached hydrogens (tertiary/aromatic N) is 1. The van der Waals surface area contributed by atoms with Crippen molar-refractivity contribution in [1.82, 2.24) is 5.43 Å². The predicted molar refractivity (Wildman–Crippen MR) is 137 cm³/mol. The Labute approximate surface area is 208 Å². The minimum Gasteiger partial charge on any atom is -0.493 e. The number of carbonyl (C=O) groups excluding carboxylic acids is 2. The van der Waals surface area contributed by atoms with Crippen molar-refractivity contribution in [2.24, 2.45) is 10.8 Å². The van der Waals surface area contributed by atoms with Crippen molar-refractivity contribution >= 4 is 28.8 Å². The van der Waals surface area contributed by atoms with Gasteiger partial charge in [-0.15, -0.1) is 0 Å². The highest BCUT2D eigenvalue weighted by Gasteiger charge is 2.08. The molecule has 4 aromatic carbocycles. The lowest BCUT2D eigenvalue weighted by molar-refractivity contribution is -0.119. The van der Waals surface area contributed by atoms with Crippen molar-refractivity contribution in [3.8, 4) is 17.2 Å². The van der Waals surface area contributed by atoms with Gasteiger partial charge in [0.25, 0.3) is 11.8 Å². The number of hydrogen-bond acceptors (Lipinski definition) is 6. The summed E-state index contributed by atoms with van der Waals surface area (Å²) < 4.78 is 16.5. The van der Waals surface area contributed by atoms with Crippen molar-refractivity contribution in [2.45, 2.75) is 6.61 Å². The quantitative estimate of drug-likeness (QED) is 0.261. The van der Waals surface area contributed by atoms with Gasteiger partial charge < -0.3 is 19.9 Å². The van der Waals surface area contributed by atoms with E-state index in [1.54, 1.807) is 42.5 Å². The first-order valence-corrected chi connectivity index (χ1v) is 11.2. The van der Waals surface area contributed by atoms with Gasteiger partial charge in [0.15, 0.2) is 18.1 Å². The van der Waals surface area contributed by atoms with E-state index in [1.807, 2.05) is 24.3 Å². The first-order chi connectivity index (χ1) is 17.5. The fraction of sp³-hybridized carbons (Fsp3) is 0.107. The molecule has 0 aliphatic heterocycles. The smallest absolute Gasteiger partial charge is 0.271 e. The Morgan fingerprint density at radius 2 is 1.69 bits per heavy atom. The molecule has 0 saturated carbocycles. The standard InChI is InChI=1S/C28H25N3O5/c1-34-26-15-19(9-14-25(26)36-18-27(29)32)16-30-31-28(33)21-10-12-23(13-11-21)35-17-22-7-4-6-20-5-2-3-8-24(20)22/h2-16H,17-18H2,1H3,(H2,29,32)(H,31,33)/b30-16-.